The zero-order chi connectivity index (χ0) is 35.2. The molecule has 0 aliphatic carbocycles. The van der Waals surface area contributed by atoms with E-state index in [4.69, 9.17) is 0 Å². The number of carbonyl (C=O) groups is 1. The molecule has 3 atom stereocenters. The summed E-state index contributed by atoms with van der Waals surface area (Å²) >= 11 is 0. The van der Waals surface area contributed by atoms with E-state index in [9.17, 15) is 20.1 Å². The van der Waals surface area contributed by atoms with Gasteiger partial charge in [0.05, 0.1) is 18.8 Å². The van der Waals surface area contributed by atoms with E-state index in [1.807, 2.05) is 0 Å². The molecule has 284 valence electrons. The molecule has 5 nitrogen and oxygen atoms in total. The third-order valence-electron chi connectivity index (χ3n) is 9.79. The summed E-state index contributed by atoms with van der Waals surface area (Å²) in [5, 5.41) is 33.4. The Balaban J connectivity index is 3.69. The molecule has 1 amide bonds. The van der Waals surface area contributed by atoms with E-state index < -0.39 is 18.2 Å². The number of unbranched alkanes of at least 4 members (excludes halogenated alkanes) is 26. The van der Waals surface area contributed by atoms with Crippen molar-refractivity contribution in [1.29, 1.82) is 0 Å². The molecule has 0 saturated carbocycles. The Bertz CT molecular complexity index is 709. The summed E-state index contributed by atoms with van der Waals surface area (Å²) in [6.45, 7) is 4.16. The maximum Gasteiger partial charge on any atom is 0.220 e. The molecule has 48 heavy (non-hydrogen) atoms. The highest BCUT2D eigenvalue weighted by molar-refractivity contribution is 5.76. The molecular weight excluding hydrogens is 594 g/mol. The van der Waals surface area contributed by atoms with Crippen LogP contribution >= 0.6 is 0 Å². The molecule has 4 N–H and O–H groups in total. The molecule has 0 rings (SSSR count). The van der Waals surface area contributed by atoms with Gasteiger partial charge in [0.2, 0.25) is 5.91 Å². The van der Waals surface area contributed by atoms with Crippen molar-refractivity contribution in [3.63, 3.8) is 0 Å². The molecule has 0 aromatic heterocycles. The minimum atomic E-state index is -1.16. The van der Waals surface area contributed by atoms with Crippen molar-refractivity contribution < 1.29 is 20.1 Å². The van der Waals surface area contributed by atoms with Crippen LogP contribution in [0, 0.1) is 0 Å². The standard InChI is InChI=1S/C43H83NO4/c1-3-5-7-9-11-13-15-17-18-19-20-21-22-23-24-26-27-29-31-33-35-37-41(46)43(48)40(39-45)44-42(47)38-36-34-32-30-28-25-16-14-12-10-8-6-4-2/h23-24,29,31,40-41,43,45-46,48H,3-22,25-28,30,32-39H2,1-2H3,(H,44,47)/b24-23+,31-29+. The van der Waals surface area contributed by atoms with Gasteiger partial charge in [0.15, 0.2) is 0 Å². The first kappa shape index (κ1) is 46.8. The fraction of sp³-hybridized carbons (Fsp3) is 0.884. The number of hydrogen-bond donors (Lipinski definition) is 4. The molecule has 0 aliphatic heterocycles. The minimum absolute atomic E-state index is 0.158. The van der Waals surface area contributed by atoms with Gasteiger partial charge in [-0.25, -0.2) is 0 Å². The van der Waals surface area contributed by atoms with Gasteiger partial charge in [0.1, 0.15) is 6.10 Å². The van der Waals surface area contributed by atoms with Crippen molar-refractivity contribution in [1.82, 2.24) is 5.32 Å². The Morgan fingerprint density at radius 3 is 1.27 bits per heavy atom. The van der Waals surface area contributed by atoms with Gasteiger partial charge in [-0.15, -0.1) is 0 Å². The smallest absolute Gasteiger partial charge is 0.220 e. The van der Waals surface area contributed by atoms with Crippen molar-refractivity contribution in [2.75, 3.05) is 6.61 Å². The SMILES string of the molecule is CCCCCCCCCCCCCC/C=C/CC/C=C/CCCC(O)C(O)C(CO)NC(=O)CCCCCCCCCCCCCCC. The monoisotopic (exact) mass is 678 g/mol. The fourth-order valence-electron chi connectivity index (χ4n) is 6.47. The van der Waals surface area contributed by atoms with E-state index in [0.717, 1.165) is 44.9 Å². The number of allylic oxidation sites excluding steroid dienone is 4. The maximum absolute atomic E-state index is 12.4. The van der Waals surface area contributed by atoms with Crippen molar-refractivity contribution in [3.05, 3.63) is 24.3 Å². The zero-order valence-electron chi connectivity index (χ0n) is 32.1. The highest BCUT2D eigenvalue weighted by Crippen LogP contribution is 2.15. The van der Waals surface area contributed by atoms with Gasteiger partial charge < -0.3 is 20.6 Å². The van der Waals surface area contributed by atoms with Gasteiger partial charge in [0.25, 0.3) is 0 Å². The minimum Gasteiger partial charge on any atom is -0.394 e. The van der Waals surface area contributed by atoms with Crippen LogP contribution in [0.1, 0.15) is 219 Å². The summed E-state index contributed by atoms with van der Waals surface area (Å²) in [6.07, 6.45) is 45.7. The number of amides is 1. The highest BCUT2D eigenvalue weighted by atomic mass is 16.3. The number of rotatable bonds is 38. The largest absolute Gasteiger partial charge is 0.394 e. The third kappa shape index (κ3) is 33.3. The quantitative estimate of drug-likeness (QED) is 0.0387. The van der Waals surface area contributed by atoms with Gasteiger partial charge in [-0.3, -0.25) is 4.79 Å². The lowest BCUT2D eigenvalue weighted by Gasteiger charge is -2.26. The lowest BCUT2D eigenvalue weighted by atomic mass is 10.0. The second-order valence-corrected chi connectivity index (χ2v) is 14.5. The molecule has 0 aliphatic rings. The third-order valence-corrected chi connectivity index (χ3v) is 9.79. The molecule has 0 bridgehead atoms. The summed E-state index contributed by atoms with van der Waals surface area (Å²) in [6, 6.07) is -0.827. The van der Waals surface area contributed by atoms with Crippen LogP contribution in [-0.2, 0) is 4.79 Å². The molecule has 0 spiro atoms. The molecule has 5 heteroatoms. The Morgan fingerprint density at radius 2 is 0.854 bits per heavy atom. The number of carbonyl (C=O) groups excluding carboxylic acids is 1. The predicted octanol–water partition coefficient (Wildman–Crippen LogP) is 11.8. The van der Waals surface area contributed by atoms with E-state index >= 15 is 0 Å². The highest BCUT2D eigenvalue weighted by Gasteiger charge is 2.26. The van der Waals surface area contributed by atoms with Gasteiger partial charge in [0, 0.05) is 6.42 Å². The lowest BCUT2D eigenvalue weighted by Crippen LogP contribution is -2.50. The molecule has 0 aromatic carbocycles. The average Bonchev–Trinajstić information content (AvgIpc) is 3.09. The second-order valence-electron chi connectivity index (χ2n) is 14.5. The van der Waals surface area contributed by atoms with Gasteiger partial charge in [-0.05, 0) is 51.4 Å². The van der Waals surface area contributed by atoms with Crippen molar-refractivity contribution in [2.45, 2.75) is 238 Å². The average molecular weight is 678 g/mol. The first-order valence-corrected chi connectivity index (χ1v) is 21.1. The summed E-state index contributed by atoms with van der Waals surface area (Å²) in [4.78, 5) is 12.4. The number of hydrogen-bond acceptors (Lipinski definition) is 4. The predicted molar refractivity (Wildman–Crippen MR) is 208 cm³/mol. The van der Waals surface area contributed by atoms with Crippen LogP contribution in [0.3, 0.4) is 0 Å². The van der Waals surface area contributed by atoms with E-state index in [2.05, 4.69) is 43.5 Å². The Labute approximate surface area is 299 Å². The first-order valence-electron chi connectivity index (χ1n) is 21.1. The fourth-order valence-corrected chi connectivity index (χ4v) is 6.47. The molecule has 0 heterocycles. The first-order chi connectivity index (χ1) is 23.6. The molecule has 0 radical (unpaired) electrons. The van der Waals surface area contributed by atoms with Gasteiger partial charge in [-0.1, -0.05) is 186 Å². The van der Waals surface area contributed by atoms with E-state index in [1.54, 1.807) is 0 Å². The summed E-state index contributed by atoms with van der Waals surface area (Å²) in [5.74, 6) is -0.158. The molecule has 0 aromatic rings. The Hall–Kier alpha value is -1.17. The lowest BCUT2D eigenvalue weighted by molar-refractivity contribution is -0.124. The second kappa shape index (κ2) is 38.6. The number of nitrogens with one attached hydrogen (secondary N) is 1. The molecular formula is C43H83NO4. The van der Waals surface area contributed by atoms with Crippen LogP contribution in [0.15, 0.2) is 24.3 Å². The van der Waals surface area contributed by atoms with Crippen LogP contribution < -0.4 is 5.32 Å². The van der Waals surface area contributed by atoms with E-state index in [0.29, 0.717) is 12.8 Å². The van der Waals surface area contributed by atoms with Crippen LogP contribution in [0.5, 0.6) is 0 Å². The summed E-state index contributed by atoms with van der Waals surface area (Å²) in [7, 11) is 0. The summed E-state index contributed by atoms with van der Waals surface area (Å²) in [5.41, 5.74) is 0. The normalized spacial score (nSPS) is 13.9. The van der Waals surface area contributed by atoms with Crippen molar-refractivity contribution >= 4 is 5.91 Å². The molecule has 3 unspecified atom stereocenters. The number of aliphatic hydroxyl groups excluding tert-OH is 3. The van der Waals surface area contributed by atoms with Crippen LogP contribution in [0.25, 0.3) is 0 Å². The van der Waals surface area contributed by atoms with Gasteiger partial charge >= 0.3 is 0 Å². The van der Waals surface area contributed by atoms with E-state index in [-0.39, 0.29) is 12.5 Å². The molecule has 0 fully saturated rings. The molecule has 0 saturated heterocycles. The van der Waals surface area contributed by atoms with Crippen molar-refractivity contribution in [2.24, 2.45) is 0 Å². The van der Waals surface area contributed by atoms with Crippen LogP contribution in [-0.4, -0.2) is 46.1 Å². The zero-order valence-corrected chi connectivity index (χ0v) is 32.1. The summed E-state index contributed by atoms with van der Waals surface area (Å²) < 4.78 is 0. The topological polar surface area (TPSA) is 89.8 Å². The number of aliphatic hydroxyl groups is 3. The van der Waals surface area contributed by atoms with Crippen molar-refractivity contribution in [3.8, 4) is 0 Å². The van der Waals surface area contributed by atoms with Crippen LogP contribution in [0.2, 0.25) is 0 Å². The van der Waals surface area contributed by atoms with Crippen LogP contribution in [0.4, 0.5) is 0 Å². The van der Waals surface area contributed by atoms with E-state index in [1.165, 1.54) is 148 Å². The Morgan fingerprint density at radius 1 is 0.500 bits per heavy atom. The Kier molecular flexibility index (Phi) is 37.7. The maximum atomic E-state index is 12.4. The van der Waals surface area contributed by atoms with Gasteiger partial charge in [-0.2, -0.15) is 0 Å².